The van der Waals surface area contributed by atoms with Gasteiger partial charge in [0.1, 0.15) is 6.10 Å². The minimum atomic E-state index is -0.982. The average molecular weight is 354 g/mol. The van der Waals surface area contributed by atoms with E-state index in [1.165, 1.54) is 7.11 Å². The summed E-state index contributed by atoms with van der Waals surface area (Å²) >= 11 is 6.02. The molecule has 0 spiro atoms. The smallest absolute Gasteiger partial charge is 0.287 e. The van der Waals surface area contributed by atoms with E-state index in [1.54, 1.807) is 18.2 Å². The Morgan fingerprint density at radius 2 is 2.04 bits per heavy atom. The monoisotopic (exact) mass is 353 g/mol. The maximum absolute atomic E-state index is 12.5. The van der Waals surface area contributed by atoms with Gasteiger partial charge in [0.05, 0.1) is 19.3 Å². The highest BCUT2D eigenvalue weighted by Gasteiger charge is 2.30. The summed E-state index contributed by atoms with van der Waals surface area (Å²) in [5.74, 6) is 0.112. The number of nitrogens with one attached hydrogen (secondary N) is 1. The zero-order valence-electron chi connectivity index (χ0n) is 13.3. The molecule has 0 unspecified atom stereocenters. The first-order chi connectivity index (χ1) is 11.5. The number of furan rings is 1. The Hall–Kier alpha value is -1.76. The first-order valence-corrected chi connectivity index (χ1v) is 8.31. The fourth-order valence-corrected chi connectivity index (χ4v) is 3.29. The molecular formula is C17H20ClNO5. The molecule has 1 heterocycles. The third-order valence-corrected chi connectivity index (χ3v) is 4.60. The fraction of sp³-hybridized carbons (Fsp3) is 0.471. The van der Waals surface area contributed by atoms with Gasteiger partial charge in [0.2, 0.25) is 0 Å². The van der Waals surface area contributed by atoms with Crippen LogP contribution in [0.2, 0.25) is 5.02 Å². The number of amides is 1. The van der Waals surface area contributed by atoms with Gasteiger partial charge in [0, 0.05) is 16.5 Å². The second kappa shape index (κ2) is 7.01. The van der Waals surface area contributed by atoms with Gasteiger partial charge < -0.3 is 24.7 Å². The summed E-state index contributed by atoms with van der Waals surface area (Å²) in [4.78, 5) is 12.5. The molecule has 1 aliphatic rings. The summed E-state index contributed by atoms with van der Waals surface area (Å²) < 4.78 is 10.8. The van der Waals surface area contributed by atoms with Crippen LogP contribution < -0.4 is 10.1 Å². The number of benzene rings is 1. The average Bonchev–Trinajstić information content (AvgIpc) is 2.92. The number of hydrogen-bond donors (Lipinski definition) is 3. The quantitative estimate of drug-likeness (QED) is 0.737. The van der Waals surface area contributed by atoms with Crippen LogP contribution >= 0.6 is 11.6 Å². The van der Waals surface area contributed by atoms with Crippen molar-refractivity contribution >= 4 is 28.5 Å². The molecule has 1 aliphatic carbocycles. The lowest BCUT2D eigenvalue weighted by molar-refractivity contribution is -0.00145. The molecule has 1 aromatic heterocycles. The fourth-order valence-electron chi connectivity index (χ4n) is 3.07. The van der Waals surface area contributed by atoms with Crippen molar-refractivity contribution in [2.45, 2.75) is 43.9 Å². The Bertz CT molecular complexity index is 744. The van der Waals surface area contributed by atoms with Crippen molar-refractivity contribution in [1.29, 1.82) is 0 Å². The van der Waals surface area contributed by atoms with Crippen LogP contribution in [0, 0.1) is 0 Å². The summed E-state index contributed by atoms with van der Waals surface area (Å²) in [6.07, 6.45) is 0.998. The van der Waals surface area contributed by atoms with Crippen molar-refractivity contribution in [1.82, 2.24) is 5.32 Å². The van der Waals surface area contributed by atoms with E-state index in [0.29, 0.717) is 34.6 Å². The van der Waals surface area contributed by atoms with E-state index in [2.05, 4.69) is 5.32 Å². The molecule has 6 nitrogen and oxygen atoms in total. The van der Waals surface area contributed by atoms with Crippen LogP contribution in [-0.4, -0.2) is 41.5 Å². The number of carbonyl (C=O) groups excluding carboxylic acids is 1. The van der Waals surface area contributed by atoms with Gasteiger partial charge in [-0.25, -0.2) is 0 Å². The van der Waals surface area contributed by atoms with Crippen molar-refractivity contribution in [2.75, 3.05) is 7.11 Å². The van der Waals surface area contributed by atoms with Gasteiger partial charge in [0.15, 0.2) is 17.1 Å². The van der Waals surface area contributed by atoms with Crippen molar-refractivity contribution in [2.24, 2.45) is 0 Å². The summed E-state index contributed by atoms with van der Waals surface area (Å²) in [6.45, 7) is 0. The maximum atomic E-state index is 12.5. The first-order valence-electron chi connectivity index (χ1n) is 7.93. The van der Waals surface area contributed by atoms with Crippen LogP contribution in [-0.2, 0) is 0 Å². The molecule has 3 N–H and O–H groups in total. The first kappa shape index (κ1) is 17.1. The van der Waals surface area contributed by atoms with Gasteiger partial charge in [-0.15, -0.1) is 0 Å². The zero-order chi connectivity index (χ0) is 17.3. The van der Waals surface area contributed by atoms with Crippen LogP contribution in [0.3, 0.4) is 0 Å². The van der Waals surface area contributed by atoms with Gasteiger partial charge in [-0.2, -0.15) is 0 Å². The third-order valence-electron chi connectivity index (χ3n) is 4.38. The topological polar surface area (TPSA) is 91.9 Å². The maximum Gasteiger partial charge on any atom is 0.287 e. The van der Waals surface area contributed by atoms with Crippen molar-refractivity contribution in [3.8, 4) is 5.75 Å². The summed E-state index contributed by atoms with van der Waals surface area (Å²) in [5, 5.41) is 23.9. The molecule has 0 radical (unpaired) electrons. The van der Waals surface area contributed by atoms with Crippen LogP contribution in [0.4, 0.5) is 0 Å². The minimum Gasteiger partial charge on any atom is -0.493 e. The van der Waals surface area contributed by atoms with Gasteiger partial charge >= 0.3 is 0 Å². The van der Waals surface area contributed by atoms with Gasteiger partial charge in [0.25, 0.3) is 5.91 Å². The Balaban J connectivity index is 1.83. The van der Waals surface area contributed by atoms with Crippen molar-refractivity contribution in [3.05, 3.63) is 29.0 Å². The molecule has 1 aromatic carbocycles. The van der Waals surface area contributed by atoms with Gasteiger partial charge in [-0.1, -0.05) is 24.4 Å². The Labute approximate surface area is 144 Å². The molecule has 130 valence electrons. The molecule has 7 heteroatoms. The molecule has 3 rings (SSSR count). The number of methoxy groups -OCH3 is 1. The van der Waals surface area contributed by atoms with E-state index in [4.69, 9.17) is 20.8 Å². The number of aliphatic hydroxyl groups excluding tert-OH is 2. The Kier molecular flexibility index (Phi) is 4.99. The molecule has 1 amide bonds. The highest BCUT2D eigenvalue weighted by Crippen LogP contribution is 2.32. The number of rotatable bonds is 3. The molecule has 3 atom stereocenters. The van der Waals surface area contributed by atoms with E-state index >= 15 is 0 Å². The zero-order valence-corrected chi connectivity index (χ0v) is 14.0. The minimum absolute atomic E-state index is 0.108. The van der Waals surface area contributed by atoms with E-state index in [-0.39, 0.29) is 5.76 Å². The molecule has 0 aliphatic heterocycles. The SMILES string of the molecule is COc1cc(Cl)cc2cc(C(=O)N[C@@H]3CCCC[C@@H](O)[C@@H]3O)oc12. The molecule has 0 bridgehead atoms. The molecule has 0 saturated heterocycles. The summed E-state index contributed by atoms with van der Waals surface area (Å²) in [5.41, 5.74) is 0.438. The van der Waals surface area contributed by atoms with E-state index in [0.717, 1.165) is 12.8 Å². The van der Waals surface area contributed by atoms with E-state index in [9.17, 15) is 15.0 Å². The summed E-state index contributed by atoms with van der Waals surface area (Å²) in [6, 6.07) is 4.37. The highest BCUT2D eigenvalue weighted by molar-refractivity contribution is 6.31. The van der Waals surface area contributed by atoms with Crippen molar-refractivity contribution in [3.63, 3.8) is 0 Å². The largest absolute Gasteiger partial charge is 0.493 e. The molecule has 24 heavy (non-hydrogen) atoms. The number of carbonyl (C=O) groups is 1. The van der Waals surface area contributed by atoms with E-state index in [1.807, 2.05) is 0 Å². The third kappa shape index (κ3) is 3.36. The lowest BCUT2D eigenvalue weighted by Crippen LogP contribution is -2.47. The normalized spacial score (nSPS) is 24.6. The molecule has 1 saturated carbocycles. The Morgan fingerprint density at radius 1 is 1.29 bits per heavy atom. The molecule has 1 fully saturated rings. The van der Waals surface area contributed by atoms with Crippen LogP contribution in [0.25, 0.3) is 11.0 Å². The predicted molar refractivity (Wildman–Crippen MR) is 89.5 cm³/mol. The standard InChI is InChI=1S/C17H20ClNO5/c1-23-13-8-10(18)6-9-7-14(24-16(9)13)17(22)19-11-4-2-3-5-12(20)15(11)21/h6-8,11-12,15,20-21H,2-5H2,1H3,(H,19,22)/t11-,12-,15-/m1/s1. The number of hydrogen-bond acceptors (Lipinski definition) is 5. The second-order valence-electron chi connectivity index (χ2n) is 6.06. The number of fused-ring (bicyclic) bond motifs is 1. The predicted octanol–water partition coefficient (Wildman–Crippen LogP) is 2.49. The lowest BCUT2D eigenvalue weighted by Gasteiger charge is -2.24. The number of aliphatic hydroxyl groups is 2. The number of ether oxygens (including phenoxy) is 1. The molecule has 2 aromatic rings. The van der Waals surface area contributed by atoms with Crippen LogP contribution in [0.15, 0.2) is 22.6 Å². The van der Waals surface area contributed by atoms with Crippen LogP contribution in [0.5, 0.6) is 5.75 Å². The Morgan fingerprint density at radius 3 is 2.79 bits per heavy atom. The van der Waals surface area contributed by atoms with Gasteiger partial charge in [-0.3, -0.25) is 4.79 Å². The highest BCUT2D eigenvalue weighted by atomic mass is 35.5. The summed E-state index contributed by atoms with van der Waals surface area (Å²) in [7, 11) is 1.50. The van der Waals surface area contributed by atoms with E-state index < -0.39 is 24.2 Å². The number of halogens is 1. The van der Waals surface area contributed by atoms with Crippen LogP contribution in [0.1, 0.15) is 36.2 Å². The second-order valence-corrected chi connectivity index (χ2v) is 6.50. The lowest BCUT2D eigenvalue weighted by atomic mass is 10.0. The van der Waals surface area contributed by atoms with Crippen molar-refractivity contribution < 1.29 is 24.2 Å². The molecular weight excluding hydrogens is 334 g/mol. The van der Waals surface area contributed by atoms with Gasteiger partial charge in [-0.05, 0) is 25.0 Å².